The molecule has 0 bridgehead atoms. The Balaban J connectivity index is 1.23. The van der Waals surface area contributed by atoms with Crippen LogP contribution in [0.3, 0.4) is 0 Å². The van der Waals surface area contributed by atoms with Gasteiger partial charge in [-0.2, -0.15) is 0 Å². The highest BCUT2D eigenvalue weighted by atomic mass is 16.3. The highest BCUT2D eigenvalue weighted by Crippen LogP contribution is 2.41. The molecule has 0 saturated heterocycles. The van der Waals surface area contributed by atoms with Gasteiger partial charge in [-0.1, -0.05) is 106 Å². The van der Waals surface area contributed by atoms with Gasteiger partial charge in [-0.25, -0.2) is 4.98 Å². The van der Waals surface area contributed by atoms with E-state index in [9.17, 15) is 5.11 Å². The summed E-state index contributed by atoms with van der Waals surface area (Å²) < 4.78 is 4.44. The van der Waals surface area contributed by atoms with Crippen molar-refractivity contribution in [2.75, 3.05) is 0 Å². The molecule has 3 heterocycles. The van der Waals surface area contributed by atoms with Crippen LogP contribution in [-0.2, 0) is 12.5 Å². The Labute approximate surface area is 303 Å². The first-order chi connectivity index (χ1) is 25.3. The molecule has 0 amide bonds. The molecule has 9 aromatic rings. The zero-order chi connectivity index (χ0) is 35.6. The molecule has 0 fully saturated rings. The molecule has 9 rings (SSSR count). The number of aromatic nitrogens is 4. The van der Waals surface area contributed by atoms with E-state index in [1.54, 1.807) is 6.07 Å². The molecule has 6 aromatic carbocycles. The van der Waals surface area contributed by atoms with Gasteiger partial charge < -0.3 is 14.2 Å². The smallest absolute Gasteiger partial charge is 0.144 e. The number of hydrogen-bond acceptors (Lipinski definition) is 3. The molecule has 3 aromatic heterocycles. The second-order valence-electron chi connectivity index (χ2n) is 14.6. The monoisotopic (exact) mass is 674 g/mol. The van der Waals surface area contributed by atoms with Gasteiger partial charge in [0, 0.05) is 46.4 Å². The number of benzene rings is 6. The molecule has 5 heteroatoms. The Hall–Kier alpha value is -6.46. The van der Waals surface area contributed by atoms with Crippen molar-refractivity contribution in [2.24, 2.45) is 7.05 Å². The molecule has 0 saturated carbocycles. The third kappa shape index (κ3) is 5.16. The number of pyridine rings is 1. The average molecular weight is 675 g/mol. The first-order valence-electron chi connectivity index (χ1n) is 17.7. The van der Waals surface area contributed by atoms with Crippen LogP contribution in [0.25, 0.3) is 83.4 Å². The number of phenolic OH excluding ortho intramolecular Hbond substituents is 1. The van der Waals surface area contributed by atoms with E-state index < -0.39 is 0 Å². The molecule has 52 heavy (non-hydrogen) atoms. The Bertz CT molecular complexity index is 2800. The highest BCUT2D eigenvalue weighted by Gasteiger charge is 2.21. The lowest BCUT2D eigenvalue weighted by molar-refractivity contribution is 0.476. The number of phenols is 1. The summed E-state index contributed by atoms with van der Waals surface area (Å²) in [6.45, 7) is 6.75. The SMILES string of the molecule is Cn1c(-c2ccccc2O)nc2c(-c3cc(-c4cc(-c5cccc6c7ccccc7n(-c7ccccc7)c56)ccn4)cc(C(C)(C)C)c3)cccc21. The van der Waals surface area contributed by atoms with Gasteiger partial charge in [0.1, 0.15) is 11.6 Å². The minimum absolute atomic E-state index is 0.108. The molecule has 252 valence electrons. The van der Waals surface area contributed by atoms with Gasteiger partial charge in [-0.05, 0) is 82.8 Å². The van der Waals surface area contributed by atoms with Crippen LogP contribution in [0.4, 0.5) is 0 Å². The van der Waals surface area contributed by atoms with Gasteiger partial charge >= 0.3 is 0 Å². The summed E-state index contributed by atoms with van der Waals surface area (Å²) in [6.07, 6.45) is 1.93. The van der Waals surface area contributed by atoms with Crippen molar-refractivity contribution in [2.45, 2.75) is 26.2 Å². The molecule has 0 spiro atoms. The van der Waals surface area contributed by atoms with Crippen molar-refractivity contribution in [3.05, 3.63) is 157 Å². The van der Waals surface area contributed by atoms with Crippen LogP contribution in [0.2, 0.25) is 0 Å². The van der Waals surface area contributed by atoms with Crippen molar-refractivity contribution < 1.29 is 5.11 Å². The van der Waals surface area contributed by atoms with Crippen molar-refractivity contribution >= 4 is 32.8 Å². The number of aromatic hydroxyl groups is 1. The number of hydrogen-bond donors (Lipinski definition) is 1. The molecule has 0 unspecified atom stereocenters. The zero-order valence-corrected chi connectivity index (χ0v) is 29.7. The summed E-state index contributed by atoms with van der Waals surface area (Å²) in [5.74, 6) is 0.939. The number of rotatable bonds is 5. The molecule has 0 radical (unpaired) electrons. The number of fused-ring (bicyclic) bond motifs is 4. The number of nitrogens with zero attached hydrogens (tertiary/aromatic N) is 4. The van der Waals surface area contributed by atoms with E-state index in [0.717, 1.165) is 56.1 Å². The molecule has 0 aliphatic rings. The maximum Gasteiger partial charge on any atom is 0.144 e. The van der Waals surface area contributed by atoms with Gasteiger partial charge in [-0.15, -0.1) is 0 Å². The second kappa shape index (κ2) is 12.1. The predicted molar refractivity (Wildman–Crippen MR) is 215 cm³/mol. The predicted octanol–water partition coefficient (Wildman–Crippen LogP) is 11.7. The number of aryl methyl sites for hydroxylation is 1. The Morgan fingerprint density at radius 3 is 2.08 bits per heavy atom. The van der Waals surface area contributed by atoms with Crippen LogP contribution in [0, 0.1) is 0 Å². The van der Waals surface area contributed by atoms with Crippen molar-refractivity contribution in [1.82, 2.24) is 19.1 Å². The van der Waals surface area contributed by atoms with Gasteiger partial charge in [0.25, 0.3) is 0 Å². The van der Waals surface area contributed by atoms with Crippen LogP contribution in [-0.4, -0.2) is 24.2 Å². The summed E-state index contributed by atoms with van der Waals surface area (Å²) in [4.78, 5) is 10.1. The second-order valence-corrected chi connectivity index (χ2v) is 14.6. The fourth-order valence-electron chi connectivity index (χ4n) is 7.57. The maximum atomic E-state index is 10.7. The molecule has 0 atom stereocenters. The van der Waals surface area contributed by atoms with Crippen molar-refractivity contribution in [3.8, 4) is 56.3 Å². The fraction of sp³-hybridized carbons (Fsp3) is 0.106. The summed E-state index contributed by atoms with van der Waals surface area (Å²) in [5.41, 5.74) is 13.5. The van der Waals surface area contributed by atoms with Gasteiger partial charge in [0.05, 0.1) is 33.3 Å². The van der Waals surface area contributed by atoms with Crippen LogP contribution in [0.15, 0.2) is 152 Å². The zero-order valence-electron chi connectivity index (χ0n) is 29.7. The van der Waals surface area contributed by atoms with Crippen molar-refractivity contribution in [3.63, 3.8) is 0 Å². The van der Waals surface area contributed by atoms with Crippen LogP contribution >= 0.6 is 0 Å². The number of imidazole rings is 1. The molecule has 5 nitrogen and oxygen atoms in total. The fourth-order valence-corrected chi connectivity index (χ4v) is 7.57. The summed E-state index contributed by atoms with van der Waals surface area (Å²) in [7, 11) is 2.01. The first kappa shape index (κ1) is 31.5. The van der Waals surface area contributed by atoms with E-state index in [1.807, 2.05) is 31.4 Å². The van der Waals surface area contributed by atoms with Crippen LogP contribution in [0.5, 0.6) is 5.75 Å². The normalized spacial score (nSPS) is 11.9. The van der Waals surface area contributed by atoms with E-state index in [4.69, 9.17) is 9.97 Å². The van der Waals surface area contributed by atoms with E-state index in [-0.39, 0.29) is 11.2 Å². The van der Waals surface area contributed by atoms with E-state index >= 15 is 0 Å². The van der Waals surface area contributed by atoms with E-state index in [2.05, 4.69) is 151 Å². The Morgan fingerprint density at radius 1 is 0.577 bits per heavy atom. The van der Waals surface area contributed by atoms with Crippen LogP contribution < -0.4 is 0 Å². The lowest BCUT2D eigenvalue weighted by atomic mass is 9.83. The average Bonchev–Trinajstić information content (AvgIpc) is 3.69. The highest BCUT2D eigenvalue weighted by molar-refractivity contribution is 6.13. The van der Waals surface area contributed by atoms with Gasteiger partial charge in [0.2, 0.25) is 0 Å². The lowest BCUT2D eigenvalue weighted by Gasteiger charge is -2.22. The minimum atomic E-state index is -0.108. The quantitative estimate of drug-likeness (QED) is 0.198. The molecular weight excluding hydrogens is 637 g/mol. The molecule has 0 aliphatic carbocycles. The first-order valence-corrected chi connectivity index (χ1v) is 17.7. The minimum Gasteiger partial charge on any atom is -0.507 e. The Kier molecular flexibility index (Phi) is 7.33. The van der Waals surface area contributed by atoms with E-state index in [0.29, 0.717) is 5.56 Å². The molecule has 1 N–H and O–H groups in total. The van der Waals surface area contributed by atoms with E-state index in [1.165, 1.54) is 27.4 Å². The third-order valence-electron chi connectivity index (χ3n) is 10.2. The largest absolute Gasteiger partial charge is 0.507 e. The summed E-state index contributed by atoms with van der Waals surface area (Å²) >= 11 is 0. The standard InChI is InChI=1S/C47H38N4O/c1-47(2,3)33-27-31(35-18-13-22-42-44(35)49-46(50(42)4)39-17-9-11-23-43(39)52)26-32(28-33)40-29-30(24-25-48-40)36-19-12-20-38-37-16-8-10-21-41(37)51(45(36)38)34-14-6-5-7-15-34/h5-29,52H,1-4H3. The number of para-hydroxylation sites is 5. The molecule has 0 aliphatic heterocycles. The third-order valence-corrected chi connectivity index (χ3v) is 10.2. The van der Waals surface area contributed by atoms with Crippen LogP contribution in [0.1, 0.15) is 26.3 Å². The lowest BCUT2D eigenvalue weighted by Crippen LogP contribution is -2.11. The van der Waals surface area contributed by atoms with Gasteiger partial charge in [-0.3, -0.25) is 4.98 Å². The Morgan fingerprint density at radius 2 is 1.25 bits per heavy atom. The molecular formula is C47H38N4O. The maximum absolute atomic E-state index is 10.7. The summed E-state index contributed by atoms with van der Waals surface area (Å²) in [5, 5.41) is 13.2. The summed E-state index contributed by atoms with van der Waals surface area (Å²) in [6, 6.07) is 50.7. The topological polar surface area (TPSA) is 55.9 Å². The van der Waals surface area contributed by atoms with Gasteiger partial charge in [0.15, 0.2) is 0 Å². The van der Waals surface area contributed by atoms with Crippen molar-refractivity contribution in [1.29, 1.82) is 0 Å².